The smallest absolute Gasteiger partial charge is 0.222 e. The van der Waals surface area contributed by atoms with Crippen molar-refractivity contribution >= 4 is 12.2 Å². The number of rotatable bonds is 4. The largest absolute Gasteiger partial charge is 0.231 e. The van der Waals surface area contributed by atoms with Gasteiger partial charge in [-0.25, -0.2) is 20.4 Å². The predicted molar refractivity (Wildman–Crippen MR) is 126 cm³/mol. The van der Waals surface area contributed by atoms with Crippen LogP contribution in [0.25, 0.3) is 0 Å². The minimum Gasteiger partial charge on any atom is -0.222 e. The SMILES string of the molecule is C1CCC(C(C2CCCCC2)(C2CCCCC2)C2CCCCC2)CC1.N=C=O.N=C=O. The maximum absolute atomic E-state index is 8.35. The van der Waals surface area contributed by atoms with Crippen molar-refractivity contribution < 1.29 is 9.59 Å². The first-order chi connectivity index (χ1) is 15.2. The summed E-state index contributed by atoms with van der Waals surface area (Å²) in [6, 6.07) is 0. The van der Waals surface area contributed by atoms with Gasteiger partial charge in [0.2, 0.25) is 12.2 Å². The Morgan fingerprint density at radius 3 is 0.742 bits per heavy atom. The van der Waals surface area contributed by atoms with Crippen molar-refractivity contribution in [2.45, 2.75) is 128 Å². The Morgan fingerprint density at radius 1 is 0.419 bits per heavy atom. The molecule has 0 atom stereocenters. The molecule has 2 N–H and O–H groups in total. The Morgan fingerprint density at radius 2 is 0.581 bits per heavy atom. The summed E-state index contributed by atoms with van der Waals surface area (Å²) in [6.07, 6.45) is 32.9. The molecular weight excluding hydrogens is 384 g/mol. The fourth-order valence-electron chi connectivity index (χ4n) is 8.41. The van der Waals surface area contributed by atoms with E-state index in [2.05, 4.69) is 0 Å². The lowest BCUT2D eigenvalue weighted by Gasteiger charge is -2.60. The van der Waals surface area contributed by atoms with Gasteiger partial charge in [0.05, 0.1) is 0 Å². The van der Waals surface area contributed by atoms with E-state index in [1.165, 1.54) is 25.7 Å². The van der Waals surface area contributed by atoms with Crippen LogP contribution in [-0.2, 0) is 9.59 Å². The van der Waals surface area contributed by atoms with E-state index >= 15 is 0 Å². The molecule has 0 aliphatic heterocycles. The average molecular weight is 431 g/mol. The Balaban J connectivity index is 0.000000513. The second kappa shape index (κ2) is 14.8. The number of isocyanates is 2. The lowest BCUT2D eigenvalue weighted by Crippen LogP contribution is -2.52. The normalized spacial score (nSPS) is 24.5. The predicted octanol–water partition coefficient (Wildman–Crippen LogP) is 8.10. The van der Waals surface area contributed by atoms with E-state index in [0.29, 0.717) is 0 Å². The highest BCUT2D eigenvalue weighted by Gasteiger charge is 2.54. The molecule has 0 unspecified atom stereocenters. The zero-order valence-corrected chi connectivity index (χ0v) is 19.8. The van der Waals surface area contributed by atoms with Crippen molar-refractivity contribution in [3.63, 3.8) is 0 Å². The van der Waals surface area contributed by atoms with Crippen molar-refractivity contribution in [2.24, 2.45) is 29.1 Å². The number of carbonyl (C=O) groups excluding carboxylic acids is 2. The molecule has 0 aromatic heterocycles. The highest BCUT2D eigenvalue weighted by atomic mass is 16.1. The van der Waals surface area contributed by atoms with Crippen molar-refractivity contribution in [3.8, 4) is 0 Å². The van der Waals surface area contributed by atoms with Crippen LogP contribution < -0.4 is 0 Å². The number of hydrogen-bond donors (Lipinski definition) is 2. The third-order valence-corrected chi connectivity index (χ3v) is 9.25. The molecule has 0 heterocycles. The van der Waals surface area contributed by atoms with Gasteiger partial charge in [-0.1, -0.05) is 77.0 Å². The van der Waals surface area contributed by atoms with Crippen molar-refractivity contribution in [2.75, 3.05) is 0 Å². The van der Waals surface area contributed by atoms with E-state index in [1.807, 2.05) is 0 Å². The highest BCUT2D eigenvalue weighted by molar-refractivity contribution is 5.26. The molecule has 4 aliphatic carbocycles. The van der Waals surface area contributed by atoms with Gasteiger partial charge in [0, 0.05) is 0 Å². The maximum Gasteiger partial charge on any atom is 0.231 e. The number of hydrogen-bond acceptors (Lipinski definition) is 4. The van der Waals surface area contributed by atoms with Crippen LogP contribution in [0.4, 0.5) is 0 Å². The van der Waals surface area contributed by atoms with E-state index in [9.17, 15) is 0 Å². The van der Waals surface area contributed by atoms with Crippen LogP contribution in [-0.4, -0.2) is 12.2 Å². The van der Waals surface area contributed by atoms with Gasteiger partial charge >= 0.3 is 0 Å². The van der Waals surface area contributed by atoms with Gasteiger partial charge in [0.1, 0.15) is 0 Å². The molecule has 31 heavy (non-hydrogen) atoms. The molecular formula is C27H46N2O2. The fraction of sp³-hybridized carbons (Fsp3) is 0.926. The fourth-order valence-corrected chi connectivity index (χ4v) is 8.41. The second-order valence-corrected chi connectivity index (χ2v) is 10.5. The molecule has 0 radical (unpaired) electrons. The van der Waals surface area contributed by atoms with Gasteiger partial charge in [-0.15, -0.1) is 0 Å². The first-order valence-corrected chi connectivity index (χ1v) is 13.3. The minimum atomic E-state index is 0.750. The van der Waals surface area contributed by atoms with Crippen LogP contribution in [0.1, 0.15) is 128 Å². The highest BCUT2D eigenvalue weighted by Crippen LogP contribution is 2.62. The van der Waals surface area contributed by atoms with Crippen molar-refractivity contribution in [3.05, 3.63) is 0 Å². The Labute approximate surface area is 190 Å². The zero-order chi connectivity index (χ0) is 22.4. The average Bonchev–Trinajstić information content (AvgIpc) is 2.84. The number of nitrogens with one attached hydrogen (secondary N) is 2. The van der Waals surface area contributed by atoms with Gasteiger partial charge < -0.3 is 0 Å². The second-order valence-electron chi connectivity index (χ2n) is 10.5. The molecule has 0 saturated heterocycles. The van der Waals surface area contributed by atoms with E-state index in [-0.39, 0.29) is 0 Å². The summed E-state index contributed by atoms with van der Waals surface area (Å²) in [5, 5.41) is 10.8. The first kappa shape index (κ1) is 26.0. The first-order valence-electron chi connectivity index (χ1n) is 13.3. The van der Waals surface area contributed by atoms with Crippen LogP contribution in [0.3, 0.4) is 0 Å². The quantitative estimate of drug-likeness (QED) is 0.349. The molecule has 4 aliphatic rings. The summed E-state index contributed by atoms with van der Waals surface area (Å²) in [6.45, 7) is 0. The van der Waals surface area contributed by atoms with Crippen molar-refractivity contribution in [1.29, 1.82) is 10.8 Å². The molecule has 4 heteroatoms. The van der Waals surface area contributed by atoms with Gasteiger partial charge in [0.15, 0.2) is 0 Å². The molecule has 4 rings (SSSR count). The van der Waals surface area contributed by atoms with E-state index in [0.717, 1.165) is 41.2 Å². The van der Waals surface area contributed by atoms with Gasteiger partial charge in [-0.2, -0.15) is 0 Å². The Kier molecular flexibility index (Phi) is 12.4. The van der Waals surface area contributed by atoms with Crippen LogP contribution in [0.2, 0.25) is 0 Å². The molecule has 0 aromatic carbocycles. The molecule has 0 aromatic rings. The molecule has 4 saturated carbocycles. The van der Waals surface area contributed by atoms with E-state index in [1.54, 1.807) is 103 Å². The molecule has 0 bridgehead atoms. The lowest BCUT2D eigenvalue weighted by molar-refractivity contribution is -0.106. The third kappa shape index (κ3) is 6.87. The molecule has 4 fully saturated rings. The van der Waals surface area contributed by atoms with Crippen molar-refractivity contribution in [1.82, 2.24) is 0 Å². The lowest BCUT2D eigenvalue weighted by atomic mass is 9.45. The summed E-state index contributed by atoms with van der Waals surface area (Å²) in [5.74, 6) is 4.43. The molecule has 0 amide bonds. The monoisotopic (exact) mass is 430 g/mol. The standard InChI is InChI=1S/C25H44.2CHNO/c1-5-13-21(14-6-1)25(22-15-7-2-8-16-22,23-17-9-3-10-18-23)24-19-11-4-12-20-24;2*2-1-3/h21-24H,1-20H2;2*2H. The van der Waals surface area contributed by atoms with E-state index in [4.69, 9.17) is 20.4 Å². The Bertz CT molecular complexity index is 450. The molecule has 4 nitrogen and oxygen atoms in total. The van der Waals surface area contributed by atoms with Gasteiger partial charge in [-0.05, 0) is 80.5 Å². The summed E-state index contributed by atoms with van der Waals surface area (Å²) in [7, 11) is 0. The van der Waals surface area contributed by atoms with Crippen LogP contribution >= 0.6 is 0 Å². The molecule has 176 valence electrons. The minimum absolute atomic E-state index is 0.750. The summed E-state index contributed by atoms with van der Waals surface area (Å²) < 4.78 is 0. The van der Waals surface area contributed by atoms with E-state index < -0.39 is 0 Å². The summed E-state index contributed by atoms with van der Waals surface area (Å²) in [5.41, 5.74) is 0.779. The molecule has 0 spiro atoms. The van der Waals surface area contributed by atoms with Gasteiger partial charge in [-0.3, -0.25) is 0 Å². The van der Waals surface area contributed by atoms with Crippen LogP contribution in [0.15, 0.2) is 0 Å². The van der Waals surface area contributed by atoms with Crippen LogP contribution in [0, 0.1) is 39.9 Å². The Hall–Kier alpha value is -1.24. The van der Waals surface area contributed by atoms with Crippen LogP contribution in [0.5, 0.6) is 0 Å². The summed E-state index contributed by atoms with van der Waals surface area (Å²) in [4.78, 5) is 16.7. The van der Waals surface area contributed by atoms with Gasteiger partial charge in [0.25, 0.3) is 0 Å². The summed E-state index contributed by atoms with van der Waals surface area (Å²) >= 11 is 0. The maximum atomic E-state index is 8.35. The topological polar surface area (TPSA) is 81.8 Å². The zero-order valence-electron chi connectivity index (χ0n) is 19.8. The third-order valence-electron chi connectivity index (χ3n) is 9.25.